The minimum atomic E-state index is -0.0858. The number of amides is 3. The van der Waals surface area contributed by atoms with E-state index in [4.69, 9.17) is 4.74 Å². The number of hydrogen-bond donors (Lipinski definition) is 1. The summed E-state index contributed by atoms with van der Waals surface area (Å²) in [7, 11) is 1.88. The van der Waals surface area contributed by atoms with Gasteiger partial charge in [0.1, 0.15) is 0 Å². The molecule has 0 aromatic carbocycles. The van der Waals surface area contributed by atoms with Crippen LogP contribution >= 0.6 is 0 Å². The molecule has 3 rings (SSSR count). The average Bonchev–Trinajstić information content (AvgIpc) is 3.04. The third kappa shape index (κ3) is 4.61. The van der Waals surface area contributed by atoms with Crippen molar-refractivity contribution >= 4 is 11.9 Å². The molecule has 2 aliphatic heterocycles. The molecule has 8 nitrogen and oxygen atoms in total. The van der Waals surface area contributed by atoms with Crippen molar-refractivity contribution in [3.63, 3.8) is 0 Å². The topological polar surface area (TPSA) is 79.7 Å². The van der Waals surface area contributed by atoms with E-state index in [1.54, 1.807) is 4.90 Å². The molecule has 0 atom stereocenters. The van der Waals surface area contributed by atoms with E-state index in [1.807, 2.05) is 23.6 Å². The third-order valence-corrected chi connectivity index (χ3v) is 5.32. The van der Waals surface area contributed by atoms with Crippen LogP contribution in [0.1, 0.15) is 54.4 Å². The van der Waals surface area contributed by atoms with Gasteiger partial charge in [-0.1, -0.05) is 0 Å². The van der Waals surface area contributed by atoms with Gasteiger partial charge in [0.25, 0.3) is 5.91 Å². The fraction of sp³-hybridized carbons (Fsp3) is 0.737. The van der Waals surface area contributed by atoms with Gasteiger partial charge >= 0.3 is 6.03 Å². The van der Waals surface area contributed by atoms with Crippen LogP contribution in [0.25, 0.3) is 0 Å². The first-order chi connectivity index (χ1) is 13.1. The van der Waals surface area contributed by atoms with Crippen molar-refractivity contribution in [1.29, 1.82) is 0 Å². The maximum absolute atomic E-state index is 13.0. The van der Waals surface area contributed by atoms with Crippen molar-refractivity contribution in [2.45, 2.75) is 45.6 Å². The molecule has 0 unspecified atom stereocenters. The Morgan fingerprint density at radius 1 is 1.15 bits per heavy atom. The summed E-state index contributed by atoms with van der Waals surface area (Å²) in [5.74, 6) is 0.00511. The van der Waals surface area contributed by atoms with Crippen molar-refractivity contribution in [2.75, 3.05) is 39.4 Å². The molecular weight excluding hydrogens is 346 g/mol. The molecule has 2 aliphatic rings. The predicted molar refractivity (Wildman–Crippen MR) is 102 cm³/mol. The summed E-state index contributed by atoms with van der Waals surface area (Å²) in [6.45, 7) is 6.57. The molecule has 1 N–H and O–H groups in total. The van der Waals surface area contributed by atoms with Crippen LogP contribution in [0, 0.1) is 0 Å². The summed E-state index contributed by atoms with van der Waals surface area (Å²) in [6.07, 6.45) is 4.80. The third-order valence-electron chi connectivity index (χ3n) is 5.32. The van der Waals surface area contributed by atoms with Gasteiger partial charge in [0.2, 0.25) is 0 Å². The van der Waals surface area contributed by atoms with Gasteiger partial charge in [-0.15, -0.1) is 0 Å². The molecule has 1 aromatic rings. The van der Waals surface area contributed by atoms with Crippen LogP contribution in [0.15, 0.2) is 0 Å². The van der Waals surface area contributed by atoms with Crippen LogP contribution < -0.4 is 5.32 Å². The lowest BCUT2D eigenvalue weighted by atomic mass is 10.0. The van der Waals surface area contributed by atoms with Gasteiger partial charge in [0.15, 0.2) is 5.69 Å². The lowest BCUT2D eigenvalue weighted by molar-refractivity contribution is 0.0715. The molecule has 1 aromatic heterocycles. The molecule has 8 heteroatoms. The van der Waals surface area contributed by atoms with Gasteiger partial charge < -0.3 is 19.9 Å². The van der Waals surface area contributed by atoms with Gasteiger partial charge in [0, 0.05) is 64.1 Å². The number of hydrogen-bond acceptors (Lipinski definition) is 4. The maximum Gasteiger partial charge on any atom is 0.317 e. The molecule has 27 heavy (non-hydrogen) atoms. The highest BCUT2D eigenvalue weighted by Gasteiger charge is 2.31. The van der Waals surface area contributed by atoms with Crippen LogP contribution in [-0.2, 0) is 24.8 Å². The van der Waals surface area contributed by atoms with E-state index < -0.39 is 0 Å². The Hall–Kier alpha value is -2.09. The molecule has 0 aliphatic carbocycles. The SMILES string of the molecule is CCOCCCNC(=O)N1CCc2c(c(C(=O)N3CCCCC3)nn2C)C1. The van der Waals surface area contributed by atoms with Crippen LogP contribution in [-0.4, -0.2) is 70.9 Å². The molecular formula is C19H31N5O3. The second kappa shape index (κ2) is 9.21. The number of carbonyl (C=O) groups is 2. The Bertz CT molecular complexity index is 667. The molecule has 0 radical (unpaired) electrons. The highest BCUT2D eigenvalue weighted by molar-refractivity contribution is 5.94. The number of ether oxygens (including phenoxy) is 1. The Balaban J connectivity index is 1.63. The summed E-state index contributed by atoms with van der Waals surface area (Å²) >= 11 is 0. The number of nitrogens with zero attached hydrogens (tertiary/aromatic N) is 4. The zero-order valence-corrected chi connectivity index (χ0v) is 16.5. The summed E-state index contributed by atoms with van der Waals surface area (Å²) < 4.78 is 7.10. The number of likely N-dealkylation sites (tertiary alicyclic amines) is 1. The molecule has 3 heterocycles. The fourth-order valence-electron chi connectivity index (χ4n) is 3.81. The van der Waals surface area contributed by atoms with Crippen molar-refractivity contribution < 1.29 is 14.3 Å². The fourth-order valence-corrected chi connectivity index (χ4v) is 3.81. The molecule has 0 saturated carbocycles. The highest BCUT2D eigenvalue weighted by Crippen LogP contribution is 2.24. The van der Waals surface area contributed by atoms with Crippen molar-refractivity contribution in [1.82, 2.24) is 24.9 Å². The van der Waals surface area contributed by atoms with Crippen molar-refractivity contribution in [3.8, 4) is 0 Å². The van der Waals surface area contributed by atoms with E-state index in [0.717, 1.165) is 50.0 Å². The summed E-state index contributed by atoms with van der Waals surface area (Å²) in [5, 5.41) is 7.45. The van der Waals surface area contributed by atoms with E-state index in [2.05, 4.69) is 10.4 Å². The Kier molecular flexibility index (Phi) is 6.71. The first-order valence-electron chi connectivity index (χ1n) is 10.1. The monoisotopic (exact) mass is 377 g/mol. The molecule has 1 fully saturated rings. The summed E-state index contributed by atoms with van der Waals surface area (Å²) in [4.78, 5) is 29.1. The minimum absolute atomic E-state index is 0.00511. The number of nitrogens with one attached hydrogen (secondary N) is 1. The Labute approximate surface area is 160 Å². The summed E-state index contributed by atoms with van der Waals surface area (Å²) in [5.41, 5.74) is 2.49. The number of urea groups is 1. The number of piperidine rings is 1. The number of fused-ring (bicyclic) bond motifs is 1. The number of aryl methyl sites for hydroxylation is 1. The van der Waals surface area contributed by atoms with E-state index in [1.165, 1.54) is 6.42 Å². The lowest BCUT2D eigenvalue weighted by Crippen LogP contribution is -2.44. The van der Waals surface area contributed by atoms with Crippen LogP contribution in [0.5, 0.6) is 0 Å². The minimum Gasteiger partial charge on any atom is -0.382 e. The normalized spacial score (nSPS) is 17.0. The standard InChI is InChI=1S/C19H31N5O3/c1-3-27-13-7-9-20-19(26)24-12-8-16-15(14-24)17(21-22(16)2)18(25)23-10-5-4-6-11-23/h3-14H2,1-2H3,(H,20,26). The zero-order valence-electron chi connectivity index (χ0n) is 16.5. The van der Waals surface area contributed by atoms with E-state index in [-0.39, 0.29) is 11.9 Å². The number of carbonyl (C=O) groups excluding carboxylic acids is 2. The average molecular weight is 377 g/mol. The van der Waals surface area contributed by atoms with Gasteiger partial charge in [-0.05, 0) is 32.6 Å². The highest BCUT2D eigenvalue weighted by atomic mass is 16.5. The molecule has 0 bridgehead atoms. The maximum atomic E-state index is 13.0. The van der Waals surface area contributed by atoms with Crippen molar-refractivity contribution in [3.05, 3.63) is 17.0 Å². The largest absolute Gasteiger partial charge is 0.382 e. The Morgan fingerprint density at radius 3 is 2.67 bits per heavy atom. The molecule has 0 spiro atoms. The smallest absolute Gasteiger partial charge is 0.317 e. The van der Waals surface area contributed by atoms with Crippen molar-refractivity contribution in [2.24, 2.45) is 7.05 Å². The van der Waals surface area contributed by atoms with Gasteiger partial charge in [-0.25, -0.2) is 4.79 Å². The van der Waals surface area contributed by atoms with E-state index in [0.29, 0.717) is 38.5 Å². The lowest BCUT2D eigenvalue weighted by Gasteiger charge is -2.29. The van der Waals surface area contributed by atoms with E-state index in [9.17, 15) is 9.59 Å². The van der Waals surface area contributed by atoms with Gasteiger partial charge in [-0.2, -0.15) is 5.10 Å². The second-order valence-electron chi connectivity index (χ2n) is 7.20. The first kappa shape index (κ1) is 19.7. The number of aromatic nitrogens is 2. The predicted octanol–water partition coefficient (Wildman–Crippen LogP) is 1.54. The van der Waals surface area contributed by atoms with E-state index >= 15 is 0 Å². The van der Waals surface area contributed by atoms with Crippen LogP contribution in [0.3, 0.4) is 0 Å². The zero-order chi connectivity index (χ0) is 19.2. The Morgan fingerprint density at radius 2 is 1.93 bits per heavy atom. The quantitative estimate of drug-likeness (QED) is 0.763. The van der Waals surface area contributed by atoms with Crippen LogP contribution in [0.2, 0.25) is 0 Å². The van der Waals surface area contributed by atoms with Gasteiger partial charge in [-0.3, -0.25) is 9.48 Å². The number of rotatable bonds is 6. The van der Waals surface area contributed by atoms with Gasteiger partial charge in [0.05, 0.1) is 6.54 Å². The second-order valence-corrected chi connectivity index (χ2v) is 7.20. The molecule has 1 saturated heterocycles. The molecule has 150 valence electrons. The molecule has 3 amide bonds. The van der Waals surface area contributed by atoms with Crippen LogP contribution in [0.4, 0.5) is 4.79 Å². The summed E-state index contributed by atoms with van der Waals surface area (Å²) in [6, 6.07) is -0.0858. The first-order valence-corrected chi connectivity index (χ1v) is 10.1.